The Balaban J connectivity index is 2.69. The van der Waals surface area contributed by atoms with E-state index in [0.29, 0.717) is 16.8 Å². The fourth-order valence-corrected chi connectivity index (χ4v) is 1.61. The molecule has 0 aliphatic carbocycles. The molecule has 0 unspecified atom stereocenters. The highest BCUT2D eigenvalue weighted by molar-refractivity contribution is 9.10. The molecule has 1 amide bonds. The second kappa shape index (κ2) is 6.29. The number of nitrogens with one attached hydrogen (secondary N) is 1. The van der Waals surface area contributed by atoms with E-state index in [0.717, 1.165) is 6.20 Å². The van der Waals surface area contributed by atoms with Gasteiger partial charge in [-0.25, -0.2) is 4.98 Å². The van der Waals surface area contributed by atoms with E-state index < -0.39 is 4.92 Å². The van der Waals surface area contributed by atoms with E-state index in [9.17, 15) is 14.9 Å². The van der Waals surface area contributed by atoms with Gasteiger partial charge in [0, 0.05) is 19.7 Å². The second-order valence-electron chi connectivity index (χ2n) is 3.54. The van der Waals surface area contributed by atoms with Gasteiger partial charge in [-0.2, -0.15) is 0 Å². The second-order valence-corrected chi connectivity index (χ2v) is 4.40. The third-order valence-electron chi connectivity index (χ3n) is 2.34. The van der Waals surface area contributed by atoms with Gasteiger partial charge in [0.2, 0.25) is 5.91 Å². The lowest BCUT2D eigenvalue weighted by atomic mass is 10.4. The number of carbonyl (C=O) groups is 1. The third kappa shape index (κ3) is 3.66. The molecule has 1 aromatic rings. The molecule has 0 aromatic carbocycles. The fourth-order valence-electron chi connectivity index (χ4n) is 1.13. The molecule has 18 heavy (non-hydrogen) atoms. The largest absolute Gasteiger partial charge is 0.360 e. The van der Waals surface area contributed by atoms with Gasteiger partial charge in [0.05, 0.1) is 15.9 Å². The number of rotatable bonds is 5. The number of nitrogens with zero attached hydrogens (tertiary/aromatic N) is 3. The van der Waals surface area contributed by atoms with E-state index in [2.05, 4.69) is 26.2 Å². The Kier molecular flexibility index (Phi) is 5.02. The average Bonchev–Trinajstić information content (AvgIpc) is 2.35. The van der Waals surface area contributed by atoms with Crippen molar-refractivity contribution in [1.29, 1.82) is 0 Å². The summed E-state index contributed by atoms with van der Waals surface area (Å²) in [7, 11) is 1.70. The first-order chi connectivity index (χ1) is 8.45. The van der Waals surface area contributed by atoms with E-state index in [4.69, 9.17) is 0 Å². The first kappa shape index (κ1) is 14.4. The summed E-state index contributed by atoms with van der Waals surface area (Å²) in [6.45, 7) is 2.58. The number of amides is 1. The van der Waals surface area contributed by atoms with Crippen molar-refractivity contribution >= 4 is 33.3 Å². The van der Waals surface area contributed by atoms with Gasteiger partial charge < -0.3 is 10.2 Å². The van der Waals surface area contributed by atoms with Crippen molar-refractivity contribution in [2.24, 2.45) is 0 Å². The normalized spacial score (nSPS) is 9.94. The molecule has 7 nitrogen and oxygen atoms in total. The van der Waals surface area contributed by atoms with Crippen LogP contribution in [0.5, 0.6) is 0 Å². The number of likely N-dealkylation sites (N-methyl/N-ethyl adjacent to an activating group) is 1. The van der Waals surface area contributed by atoms with Crippen LogP contribution in [-0.2, 0) is 4.79 Å². The van der Waals surface area contributed by atoms with Crippen LogP contribution in [0.3, 0.4) is 0 Å². The molecule has 0 bridgehead atoms. The summed E-state index contributed by atoms with van der Waals surface area (Å²) < 4.78 is 0.448. The Labute approximate surface area is 112 Å². The van der Waals surface area contributed by atoms with Crippen molar-refractivity contribution in [2.45, 2.75) is 6.92 Å². The topological polar surface area (TPSA) is 88.4 Å². The van der Waals surface area contributed by atoms with Crippen LogP contribution in [0.4, 0.5) is 11.5 Å². The molecule has 1 N–H and O–H groups in total. The van der Waals surface area contributed by atoms with Crippen LogP contribution in [0.25, 0.3) is 0 Å². The maximum absolute atomic E-state index is 11.5. The van der Waals surface area contributed by atoms with E-state index in [1.807, 2.05) is 6.92 Å². The van der Waals surface area contributed by atoms with Crippen LogP contribution in [0.1, 0.15) is 6.92 Å². The number of anilines is 1. The molecule has 0 saturated carbocycles. The Morgan fingerprint density at radius 1 is 1.67 bits per heavy atom. The monoisotopic (exact) mass is 316 g/mol. The summed E-state index contributed by atoms with van der Waals surface area (Å²) in [4.78, 5) is 27.0. The SMILES string of the molecule is CCN(C)C(=O)CNc1ncc([N+](=O)[O-])cc1Br. The van der Waals surface area contributed by atoms with E-state index >= 15 is 0 Å². The van der Waals surface area contributed by atoms with Crippen LogP contribution in [0.15, 0.2) is 16.7 Å². The highest BCUT2D eigenvalue weighted by Gasteiger charge is 2.12. The lowest BCUT2D eigenvalue weighted by Crippen LogP contribution is -2.32. The first-order valence-electron chi connectivity index (χ1n) is 5.23. The maximum atomic E-state index is 11.5. The number of carbonyl (C=O) groups excluding carboxylic acids is 1. The smallest absolute Gasteiger partial charge is 0.288 e. The molecule has 98 valence electrons. The van der Waals surface area contributed by atoms with Gasteiger partial charge in [0.1, 0.15) is 12.0 Å². The minimum atomic E-state index is -0.530. The van der Waals surface area contributed by atoms with Gasteiger partial charge in [0.25, 0.3) is 5.69 Å². The van der Waals surface area contributed by atoms with Crippen molar-refractivity contribution < 1.29 is 9.72 Å². The quantitative estimate of drug-likeness (QED) is 0.659. The minimum Gasteiger partial charge on any atom is -0.360 e. The molecule has 1 rings (SSSR count). The highest BCUT2D eigenvalue weighted by Crippen LogP contribution is 2.24. The highest BCUT2D eigenvalue weighted by atomic mass is 79.9. The lowest BCUT2D eigenvalue weighted by molar-refractivity contribution is -0.385. The predicted molar refractivity (Wildman–Crippen MR) is 70.4 cm³/mol. The standard InChI is InChI=1S/C10H13BrN4O3/c1-3-14(2)9(16)6-13-10-8(11)4-7(5-12-10)15(17)18/h4-5H,3,6H2,1-2H3,(H,12,13). The van der Waals surface area contributed by atoms with Gasteiger partial charge in [-0.3, -0.25) is 14.9 Å². The lowest BCUT2D eigenvalue weighted by Gasteiger charge is -2.15. The van der Waals surface area contributed by atoms with Gasteiger partial charge in [-0.05, 0) is 22.9 Å². The first-order valence-corrected chi connectivity index (χ1v) is 6.02. The molecule has 0 fully saturated rings. The minimum absolute atomic E-state index is 0.0791. The van der Waals surface area contributed by atoms with Crippen molar-refractivity contribution in [3.05, 3.63) is 26.9 Å². The Hall–Kier alpha value is -1.70. The molecule has 0 spiro atoms. The summed E-state index contributed by atoms with van der Waals surface area (Å²) in [5, 5.41) is 13.3. The van der Waals surface area contributed by atoms with Gasteiger partial charge >= 0.3 is 0 Å². The summed E-state index contributed by atoms with van der Waals surface area (Å²) >= 11 is 3.17. The van der Waals surface area contributed by atoms with Gasteiger partial charge in [-0.15, -0.1) is 0 Å². The van der Waals surface area contributed by atoms with E-state index in [-0.39, 0.29) is 18.1 Å². The third-order valence-corrected chi connectivity index (χ3v) is 2.95. The summed E-state index contributed by atoms with van der Waals surface area (Å²) in [5.41, 5.74) is -0.107. The number of pyridine rings is 1. The van der Waals surface area contributed by atoms with Crippen LogP contribution in [0.2, 0.25) is 0 Å². The molecule has 0 saturated heterocycles. The molecule has 8 heteroatoms. The van der Waals surface area contributed by atoms with Crippen molar-refractivity contribution in [1.82, 2.24) is 9.88 Å². The Morgan fingerprint density at radius 3 is 2.83 bits per heavy atom. The predicted octanol–water partition coefficient (Wildman–Crippen LogP) is 1.64. The van der Waals surface area contributed by atoms with Crippen molar-refractivity contribution in [3.63, 3.8) is 0 Å². The van der Waals surface area contributed by atoms with Crippen molar-refractivity contribution in [2.75, 3.05) is 25.5 Å². The Bertz CT molecular complexity index is 466. The fraction of sp³-hybridized carbons (Fsp3) is 0.400. The molecule has 0 atom stereocenters. The molecular weight excluding hydrogens is 304 g/mol. The number of aromatic nitrogens is 1. The summed E-state index contributed by atoms with van der Waals surface area (Å²) in [6.07, 6.45) is 1.14. The Morgan fingerprint density at radius 2 is 2.33 bits per heavy atom. The molecule has 1 aromatic heterocycles. The average molecular weight is 317 g/mol. The number of halogens is 1. The van der Waals surface area contributed by atoms with Crippen LogP contribution in [-0.4, -0.2) is 40.9 Å². The molecule has 1 heterocycles. The van der Waals surface area contributed by atoms with E-state index in [1.54, 1.807) is 11.9 Å². The summed E-state index contributed by atoms with van der Waals surface area (Å²) in [6, 6.07) is 1.34. The van der Waals surface area contributed by atoms with Crippen LogP contribution >= 0.6 is 15.9 Å². The maximum Gasteiger partial charge on any atom is 0.288 e. The zero-order valence-electron chi connectivity index (χ0n) is 10.0. The number of hydrogen-bond acceptors (Lipinski definition) is 5. The molecule has 0 radical (unpaired) electrons. The van der Waals surface area contributed by atoms with E-state index in [1.165, 1.54) is 6.07 Å². The van der Waals surface area contributed by atoms with Crippen LogP contribution < -0.4 is 5.32 Å². The summed E-state index contributed by atoms with van der Waals surface area (Å²) in [5.74, 6) is 0.322. The van der Waals surface area contributed by atoms with Crippen LogP contribution in [0, 0.1) is 10.1 Å². The molecular formula is C10H13BrN4O3. The molecule has 0 aliphatic rings. The van der Waals surface area contributed by atoms with Gasteiger partial charge in [0.15, 0.2) is 0 Å². The zero-order valence-corrected chi connectivity index (χ0v) is 11.6. The number of nitro groups is 1. The zero-order chi connectivity index (χ0) is 13.7. The van der Waals surface area contributed by atoms with Crippen molar-refractivity contribution in [3.8, 4) is 0 Å². The molecule has 0 aliphatic heterocycles. The number of hydrogen-bond donors (Lipinski definition) is 1. The van der Waals surface area contributed by atoms with Gasteiger partial charge in [-0.1, -0.05) is 0 Å².